The molecule has 1 aliphatic heterocycles. The van der Waals surface area contributed by atoms with E-state index < -0.39 is 14.6 Å². The van der Waals surface area contributed by atoms with E-state index in [1.165, 1.54) is 6.42 Å². The topological polar surface area (TPSA) is 81.1 Å². The molecule has 1 atom stereocenters. The molecule has 0 aromatic carbocycles. The van der Waals surface area contributed by atoms with E-state index in [2.05, 4.69) is 10.4 Å². The monoisotopic (exact) mass is 297 g/mol. The van der Waals surface area contributed by atoms with Crippen molar-refractivity contribution in [3.63, 3.8) is 0 Å². The van der Waals surface area contributed by atoms with Crippen LogP contribution in [0.1, 0.15) is 49.5 Å². The van der Waals surface area contributed by atoms with E-state index in [9.17, 15) is 13.2 Å². The third-order valence-corrected chi connectivity index (χ3v) is 7.30. The quantitative estimate of drug-likeness (QED) is 0.899. The predicted octanol–water partition coefficient (Wildman–Crippen LogP) is 0.913. The van der Waals surface area contributed by atoms with Gasteiger partial charge in [0.1, 0.15) is 0 Å². The minimum atomic E-state index is -3.08. The summed E-state index contributed by atoms with van der Waals surface area (Å²) in [4.78, 5) is 12.1. The maximum absolute atomic E-state index is 12.1. The molecule has 1 aromatic heterocycles. The second-order valence-corrected chi connectivity index (χ2v) is 8.82. The van der Waals surface area contributed by atoms with E-state index in [-0.39, 0.29) is 17.7 Å². The first-order valence-electron chi connectivity index (χ1n) is 6.88. The zero-order chi connectivity index (χ0) is 14.5. The third-order valence-electron chi connectivity index (χ3n) is 4.64. The van der Waals surface area contributed by atoms with Crippen molar-refractivity contribution in [3.8, 4) is 0 Å². The predicted molar refractivity (Wildman–Crippen MR) is 74.2 cm³/mol. The number of amides is 1. The number of rotatable bonds is 3. The highest BCUT2D eigenvalue weighted by atomic mass is 32.2. The highest BCUT2D eigenvalue weighted by Gasteiger charge is 2.54. The van der Waals surface area contributed by atoms with E-state index in [4.69, 9.17) is 0 Å². The molecule has 1 saturated heterocycles. The number of hydrogen-bond acceptors (Lipinski definition) is 4. The van der Waals surface area contributed by atoms with Gasteiger partial charge in [0, 0.05) is 6.20 Å². The molecule has 1 aliphatic carbocycles. The normalized spacial score (nSPS) is 27.4. The minimum absolute atomic E-state index is 0.0164. The van der Waals surface area contributed by atoms with Crippen molar-refractivity contribution in [2.75, 3.05) is 5.75 Å². The summed E-state index contributed by atoms with van der Waals surface area (Å²) in [6, 6.07) is 0.0872. The van der Waals surface area contributed by atoms with Gasteiger partial charge in [-0.25, -0.2) is 8.42 Å². The first-order valence-corrected chi connectivity index (χ1v) is 8.54. The lowest BCUT2D eigenvalue weighted by Gasteiger charge is -2.43. The lowest BCUT2D eigenvalue weighted by atomic mass is 9.93. The number of hydrogen-bond donors (Lipinski definition) is 1. The molecular weight excluding hydrogens is 278 g/mol. The van der Waals surface area contributed by atoms with Crippen molar-refractivity contribution in [1.29, 1.82) is 0 Å². The van der Waals surface area contributed by atoms with Gasteiger partial charge in [-0.1, -0.05) is 0 Å². The minimum Gasteiger partial charge on any atom is -0.347 e. The molecule has 2 heterocycles. The molecule has 0 unspecified atom stereocenters. The second-order valence-electron chi connectivity index (χ2n) is 6.20. The molecule has 1 saturated carbocycles. The van der Waals surface area contributed by atoms with Crippen molar-refractivity contribution < 1.29 is 13.2 Å². The largest absolute Gasteiger partial charge is 0.347 e. The molecule has 1 N–H and O–H groups in total. The average molecular weight is 297 g/mol. The molecule has 2 aliphatic rings. The zero-order valence-corrected chi connectivity index (χ0v) is 12.5. The Labute approximate surface area is 118 Å². The summed E-state index contributed by atoms with van der Waals surface area (Å²) in [5.41, 5.74) is 0.497. The zero-order valence-electron chi connectivity index (χ0n) is 11.7. The number of nitrogens with one attached hydrogen (secondary N) is 1. The molecule has 110 valence electrons. The Hall–Kier alpha value is -1.37. The van der Waals surface area contributed by atoms with Crippen molar-refractivity contribution in [2.24, 2.45) is 0 Å². The van der Waals surface area contributed by atoms with Gasteiger partial charge in [-0.15, -0.1) is 0 Å². The lowest BCUT2D eigenvalue weighted by Crippen LogP contribution is -2.66. The number of aromatic nitrogens is 2. The van der Waals surface area contributed by atoms with Crippen LogP contribution in [0.25, 0.3) is 0 Å². The summed E-state index contributed by atoms with van der Waals surface area (Å²) >= 11 is 0. The lowest BCUT2D eigenvalue weighted by molar-refractivity contribution is 0.0929. The molecule has 3 rings (SSSR count). The van der Waals surface area contributed by atoms with Gasteiger partial charge in [0.25, 0.3) is 5.91 Å². The van der Waals surface area contributed by atoms with Crippen LogP contribution in [0.15, 0.2) is 12.4 Å². The van der Waals surface area contributed by atoms with Gasteiger partial charge < -0.3 is 5.32 Å². The van der Waals surface area contributed by atoms with Crippen LogP contribution in [0.3, 0.4) is 0 Å². The highest BCUT2D eigenvalue weighted by molar-refractivity contribution is 7.94. The summed E-state index contributed by atoms with van der Waals surface area (Å²) < 4.78 is 24.2. The summed E-state index contributed by atoms with van der Waals surface area (Å²) in [5, 5.41) is 7.01. The summed E-state index contributed by atoms with van der Waals surface area (Å²) in [6.45, 7) is 3.29. The highest BCUT2D eigenvalue weighted by Crippen LogP contribution is 2.34. The first-order chi connectivity index (χ1) is 9.31. The molecule has 0 spiro atoms. The number of carbonyl (C=O) groups excluding carboxylic acids is 1. The van der Waals surface area contributed by atoms with Crippen LogP contribution >= 0.6 is 0 Å². The maximum Gasteiger partial charge on any atom is 0.254 e. The SMILES string of the molecule is CC1(C)[C@@H](NC(=O)c2cnn(C3CCC3)c2)CS1(=O)=O. The summed E-state index contributed by atoms with van der Waals surface area (Å²) in [7, 11) is -3.08. The molecular formula is C13H19N3O3S. The van der Waals surface area contributed by atoms with E-state index in [1.807, 2.05) is 4.68 Å². The fraction of sp³-hybridized carbons (Fsp3) is 0.692. The Balaban J connectivity index is 1.67. The van der Waals surface area contributed by atoms with Crippen molar-refractivity contribution in [3.05, 3.63) is 18.0 Å². The molecule has 6 nitrogen and oxygen atoms in total. The Morgan fingerprint density at radius 2 is 2.15 bits per heavy atom. The number of carbonyl (C=O) groups is 1. The molecule has 0 bridgehead atoms. The Morgan fingerprint density at radius 3 is 2.65 bits per heavy atom. The van der Waals surface area contributed by atoms with Crippen LogP contribution in [0.4, 0.5) is 0 Å². The van der Waals surface area contributed by atoms with Crippen molar-refractivity contribution in [2.45, 2.75) is 49.9 Å². The molecule has 0 radical (unpaired) electrons. The van der Waals surface area contributed by atoms with Gasteiger partial charge in [-0.2, -0.15) is 5.10 Å². The van der Waals surface area contributed by atoms with Crippen LogP contribution in [0, 0.1) is 0 Å². The Kier molecular flexibility index (Phi) is 2.93. The van der Waals surface area contributed by atoms with Crippen LogP contribution in [-0.4, -0.2) is 40.6 Å². The molecule has 1 aromatic rings. The van der Waals surface area contributed by atoms with Crippen molar-refractivity contribution >= 4 is 15.7 Å². The van der Waals surface area contributed by atoms with Crippen LogP contribution in [0.5, 0.6) is 0 Å². The van der Waals surface area contributed by atoms with Gasteiger partial charge in [0.2, 0.25) is 0 Å². The van der Waals surface area contributed by atoms with Gasteiger partial charge >= 0.3 is 0 Å². The van der Waals surface area contributed by atoms with Crippen LogP contribution in [0.2, 0.25) is 0 Å². The van der Waals surface area contributed by atoms with Gasteiger partial charge in [-0.05, 0) is 33.1 Å². The molecule has 2 fully saturated rings. The van der Waals surface area contributed by atoms with Gasteiger partial charge in [-0.3, -0.25) is 9.48 Å². The second kappa shape index (κ2) is 4.31. The smallest absolute Gasteiger partial charge is 0.254 e. The van der Waals surface area contributed by atoms with Crippen LogP contribution in [-0.2, 0) is 9.84 Å². The van der Waals surface area contributed by atoms with Gasteiger partial charge in [0.05, 0.1) is 34.3 Å². The third kappa shape index (κ3) is 1.95. The Morgan fingerprint density at radius 1 is 1.45 bits per heavy atom. The van der Waals surface area contributed by atoms with Gasteiger partial charge in [0.15, 0.2) is 9.84 Å². The summed E-state index contributed by atoms with van der Waals surface area (Å²) in [6.07, 6.45) is 6.72. The fourth-order valence-electron chi connectivity index (χ4n) is 2.52. The van der Waals surface area contributed by atoms with E-state index in [0.717, 1.165) is 12.8 Å². The van der Waals surface area contributed by atoms with Crippen LogP contribution < -0.4 is 5.32 Å². The average Bonchev–Trinajstić information content (AvgIpc) is 2.75. The number of nitrogens with zero attached hydrogens (tertiary/aromatic N) is 2. The van der Waals surface area contributed by atoms with Crippen molar-refractivity contribution in [1.82, 2.24) is 15.1 Å². The maximum atomic E-state index is 12.1. The number of sulfone groups is 1. The molecule has 20 heavy (non-hydrogen) atoms. The van der Waals surface area contributed by atoms with E-state index >= 15 is 0 Å². The first kappa shape index (κ1) is 13.6. The van der Waals surface area contributed by atoms with E-state index in [1.54, 1.807) is 26.2 Å². The standard InChI is InChI=1S/C13H19N3O3S/c1-13(2)11(8-20(13,18)19)15-12(17)9-6-14-16(7-9)10-4-3-5-10/h6-7,10-11H,3-5,8H2,1-2H3,(H,15,17)/t11-/m0/s1. The molecule has 7 heteroatoms. The molecule has 1 amide bonds. The fourth-order valence-corrected chi connectivity index (χ4v) is 4.16. The summed E-state index contributed by atoms with van der Waals surface area (Å²) in [5.74, 6) is -0.230. The van der Waals surface area contributed by atoms with E-state index in [0.29, 0.717) is 11.6 Å². The Bertz CT molecular complexity index is 644.